The minimum atomic E-state index is -5.08. The van der Waals surface area contributed by atoms with E-state index in [0.29, 0.717) is 24.5 Å². The lowest BCUT2D eigenvalue weighted by atomic mass is 10.3. The Bertz CT molecular complexity index is 1310. The van der Waals surface area contributed by atoms with Crippen LogP contribution in [0, 0.1) is 0 Å². The van der Waals surface area contributed by atoms with Gasteiger partial charge in [-0.25, -0.2) is 13.2 Å². The lowest BCUT2D eigenvalue weighted by Crippen LogP contribution is -2.54. The summed E-state index contributed by atoms with van der Waals surface area (Å²) in [5.41, 5.74) is 10.4. The number of nitrogens with one attached hydrogen (secondary N) is 1. The molecule has 12 nitrogen and oxygen atoms in total. The average molecular weight is 601 g/mol. The summed E-state index contributed by atoms with van der Waals surface area (Å²) in [5.74, 6) is -3.51. The van der Waals surface area contributed by atoms with Gasteiger partial charge in [-0.3, -0.25) is 14.6 Å². The highest BCUT2D eigenvalue weighted by Crippen LogP contribution is 2.33. The van der Waals surface area contributed by atoms with Crippen molar-refractivity contribution in [1.29, 1.82) is 0 Å². The number of carbonyl (C=O) groups is 3. The predicted molar refractivity (Wildman–Crippen MR) is 134 cm³/mol. The summed E-state index contributed by atoms with van der Waals surface area (Å²) in [6, 6.07) is 6.74. The first kappa shape index (κ1) is 31.1. The molecule has 0 aliphatic carbocycles. The Morgan fingerprint density at radius 1 is 1.21 bits per heavy atom. The fourth-order valence-electron chi connectivity index (χ4n) is 3.04. The van der Waals surface area contributed by atoms with Crippen molar-refractivity contribution in [2.24, 2.45) is 16.5 Å². The molecule has 1 aliphatic heterocycles. The number of carboxylic acids is 1. The van der Waals surface area contributed by atoms with Gasteiger partial charge in [0, 0.05) is 35.9 Å². The number of benzene rings is 1. The summed E-state index contributed by atoms with van der Waals surface area (Å²) >= 11 is 7.09. The number of piperazine rings is 1. The van der Waals surface area contributed by atoms with E-state index in [1.54, 1.807) is 24.3 Å². The predicted octanol–water partition coefficient (Wildman–Crippen LogP) is 0.801. The Balaban J connectivity index is 0.000000638. The molecule has 0 atom stereocenters. The summed E-state index contributed by atoms with van der Waals surface area (Å²) in [6.07, 6.45) is -4.52. The normalized spacial score (nSPS) is 14.5. The van der Waals surface area contributed by atoms with Gasteiger partial charge in [-0.15, -0.1) is 11.3 Å². The molecule has 0 spiro atoms. The molecule has 1 aromatic carbocycles. The van der Waals surface area contributed by atoms with Gasteiger partial charge in [0.25, 0.3) is 10.0 Å². The van der Waals surface area contributed by atoms with Crippen LogP contribution in [-0.2, 0) is 24.4 Å². The van der Waals surface area contributed by atoms with Crippen molar-refractivity contribution < 1.29 is 41.1 Å². The number of carbonyl (C=O) groups excluding carboxylic acids is 2. The number of carboxylic acid groups (broad SMARTS) is 1. The molecule has 3 rings (SSSR count). The van der Waals surface area contributed by atoms with Crippen molar-refractivity contribution in [1.82, 2.24) is 14.5 Å². The number of halogens is 4. The van der Waals surface area contributed by atoms with Gasteiger partial charge in [0.15, 0.2) is 5.96 Å². The van der Waals surface area contributed by atoms with Crippen LogP contribution in [0.2, 0.25) is 5.02 Å². The third-order valence-electron chi connectivity index (χ3n) is 4.87. The molecule has 0 bridgehead atoms. The first-order chi connectivity index (χ1) is 17.6. The van der Waals surface area contributed by atoms with Crippen LogP contribution in [0.15, 0.2) is 33.5 Å². The van der Waals surface area contributed by atoms with Crippen molar-refractivity contribution in [3.05, 3.63) is 29.3 Å². The van der Waals surface area contributed by atoms with Gasteiger partial charge in [-0.1, -0.05) is 17.7 Å². The summed E-state index contributed by atoms with van der Waals surface area (Å²) in [7, 11) is -3.82. The minimum absolute atomic E-state index is 0.0100. The highest BCUT2D eigenvalue weighted by atomic mass is 35.5. The molecular formula is C20H24ClF3N6O6S2. The maximum absolute atomic E-state index is 13.0. The van der Waals surface area contributed by atoms with Crippen LogP contribution in [0.25, 0.3) is 10.1 Å². The smallest absolute Gasteiger partial charge is 0.475 e. The van der Waals surface area contributed by atoms with Crippen LogP contribution in [0.1, 0.15) is 6.42 Å². The third-order valence-corrected chi connectivity index (χ3v) is 8.49. The van der Waals surface area contributed by atoms with Crippen LogP contribution in [0.3, 0.4) is 0 Å². The number of hydrogen-bond acceptors (Lipinski definition) is 7. The van der Waals surface area contributed by atoms with E-state index in [2.05, 4.69) is 10.3 Å². The first-order valence-electron chi connectivity index (χ1n) is 10.7. The van der Waals surface area contributed by atoms with Crippen molar-refractivity contribution in [3.63, 3.8) is 0 Å². The minimum Gasteiger partial charge on any atom is -0.475 e. The summed E-state index contributed by atoms with van der Waals surface area (Å²) in [4.78, 5) is 38.6. The van der Waals surface area contributed by atoms with Gasteiger partial charge in [0.05, 0.1) is 13.1 Å². The Labute approximate surface area is 224 Å². The largest absolute Gasteiger partial charge is 0.490 e. The molecular weight excluding hydrogens is 577 g/mol. The van der Waals surface area contributed by atoms with Gasteiger partial charge in [0.1, 0.15) is 4.21 Å². The van der Waals surface area contributed by atoms with Crippen molar-refractivity contribution in [2.75, 3.05) is 39.3 Å². The van der Waals surface area contributed by atoms with Gasteiger partial charge >= 0.3 is 12.1 Å². The maximum Gasteiger partial charge on any atom is 0.490 e. The Morgan fingerprint density at radius 3 is 2.45 bits per heavy atom. The summed E-state index contributed by atoms with van der Waals surface area (Å²) in [5, 5.41) is 11.1. The molecule has 6 N–H and O–H groups in total. The number of hydrogen-bond donors (Lipinski definition) is 4. The number of guanidine groups is 1. The van der Waals surface area contributed by atoms with E-state index in [-0.39, 0.29) is 42.3 Å². The number of aliphatic imine (C=N–C) groups is 1. The standard InChI is InChI=1S/C18H23ClN6O4S2.C2HF3O2/c19-13-3-2-12-8-17(30-14(12)9-13)31(28,29)25-7-6-24(16(27)11-25)10-15(26)22-4-1-5-23-18(20)21;3-2(4,5)1(6)7/h2-3,8-9H,1,4-7,10-11H2,(H,22,26)(H4,20,21,23);(H,6,7). The number of sulfonamides is 1. The average Bonchev–Trinajstić information content (AvgIpc) is 3.24. The van der Waals surface area contributed by atoms with E-state index in [0.717, 1.165) is 25.7 Å². The lowest BCUT2D eigenvalue weighted by Gasteiger charge is -2.32. The molecule has 2 aromatic rings. The Morgan fingerprint density at radius 2 is 1.87 bits per heavy atom. The number of nitrogens with zero attached hydrogens (tertiary/aromatic N) is 3. The highest BCUT2D eigenvalue weighted by molar-refractivity contribution is 7.91. The fourth-order valence-corrected chi connectivity index (χ4v) is 6.25. The van der Waals surface area contributed by atoms with Gasteiger partial charge in [-0.2, -0.15) is 17.5 Å². The molecule has 210 valence electrons. The zero-order valence-electron chi connectivity index (χ0n) is 19.6. The maximum atomic E-state index is 13.0. The van der Waals surface area contributed by atoms with Crippen LogP contribution >= 0.6 is 22.9 Å². The molecule has 0 radical (unpaired) electrons. The van der Waals surface area contributed by atoms with Crippen molar-refractivity contribution in [3.8, 4) is 0 Å². The van der Waals surface area contributed by atoms with E-state index in [4.69, 9.17) is 33.0 Å². The van der Waals surface area contributed by atoms with E-state index in [9.17, 15) is 31.2 Å². The van der Waals surface area contributed by atoms with E-state index in [1.807, 2.05) is 0 Å². The van der Waals surface area contributed by atoms with E-state index >= 15 is 0 Å². The zero-order chi connectivity index (χ0) is 28.7. The fraction of sp³-hybridized carbons (Fsp3) is 0.400. The molecule has 18 heteroatoms. The molecule has 0 saturated carbocycles. The number of fused-ring (bicyclic) bond motifs is 1. The van der Waals surface area contributed by atoms with Crippen LogP contribution in [-0.4, -0.2) is 91.9 Å². The third kappa shape index (κ3) is 9.00. The van der Waals surface area contributed by atoms with E-state index in [1.165, 1.54) is 4.90 Å². The summed E-state index contributed by atoms with van der Waals surface area (Å²) in [6.45, 7) is 0.568. The van der Waals surface area contributed by atoms with Gasteiger partial charge in [-0.05, 0) is 30.0 Å². The Kier molecular flexibility index (Phi) is 10.7. The van der Waals surface area contributed by atoms with Crippen LogP contribution in [0.5, 0.6) is 0 Å². The number of alkyl halides is 3. The van der Waals surface area contributed by atoms with Gasteiger partial charge in [0.2, 0.25) is 11.8 Å². The second-order valence-corrected chi connectivity index (χ2v) is 11.4. The number of amides is 2. The number of thiophene rings is 1. The quantitative estimate of drug-likeness (QED) is 0.194. The van der Waals surface area contributed by atoms with Gasteiger partial charge < -0.3 is 26.8 Å². The molecule has 1 fully saturated rings. The van der Waals surface area contributed by atoms with Crippen molar-refractivity contribution >= 4 is 66.8 Å². The van der Waals surface area contributed by atoms with Crippen LogP contribution < -0.4 is 16.8 Å². The van der Waals surface area contributed by atoms with Crippen molar-refractivity contribution in [2.45, 2.75) is 16.8 Å². The molecule has 1 saturated heterocycles. The molecule has 2 amide bonds. The van der Waals surface area contributed by atoms with E-state index < -0.39 is 28.1 Å². The SMILES string of the molecule is NC(N)=NCCCNC(=O)CN1CCN(S(=O)(=O)c2cc3ccc(Cl)cc3s2)CC1=O.O=C(O)C(F)(F)F. The molecule has 0 unspecified atom stereocenters. The first-order valence-corrected chi connectivity index (χ1v) is 13.3. The second kappa shape index (κ2) is 13.1. The number of rotatable bonds is 8. The Hall–Kier alpha value is -3.15. The number of aliphatic carboxylic acids is 1. The van der Waals surface area contributed by atoms with Crippen LogP contribution in [0.4, 0.5) is 13.2 Å². The molecule has 1 aliphatic rings. The monoisotopic (exact) mass is 600 g/mol. The highest BCUT2D eigenvalue weighted by Gasteiger charge is 2.38. The zero-order valence-corrected chi connectivity index (χ0v) is 22.0. The molecule has 38 heavy (non-hydrogen) atoms. The summed E-state index contributed by atoms with van der Waals surface area (Å²) < 4.78 is 59.8. The second-order valence-electron chi connectivity index (χ2n) is 7.71. The molecule has 1 aromatic heterocycles. The number of nitrogens with two attached hydrogens (primary N) is 2. The molecule has 2 heterocycles. The lowest BCUT2D eigenvalue weighted by molar-refractivity contribution is -0.192. The topological polar surface area (TPSA) is 188 Å².